The van der Waals surface area contributed by atoms with Crippen LogP contribution in [0.1, 0.15) is 25.8 Å². The Hall–Kier alpha value is -1.07. The smallest absolute Gasteiger partial charge is 0.140 e. The van der Waals surface area contributed by atoms with Gasteiger partial charge in [0, 0.05) is 26.1 Å². The summed E-state index contributed by atoms with van der Waals surface area (Å²) in [5.41, 5.74) is 6.90. The van der Waals surface area contributed by atoms with Gasteiger partial charge in [-0.25, -0.2) is 0 Å². The van der Waals surface area contributed by atoms with Crippen molar-refractivity contribution in [3.05, 3.63) is 22.4 Å². The fourth-order valence-corrected chi connectivity index (χ4v) is 2.56. The summed E-state index contributed by atoms with van der Waals surface area (Å²) in [6, 6.07) is 2.17. The fraction of sp³-hybridized carbons (Fsp3) is 0.615. The lowest BCUT2D eigenvalue weighted by Gasteiger charge is -2.23. The van der Waals surface area contributed by atoms with E-state index < -0.39 is 0 Å². The highest BCUT2D eigenvalue weighted by Crippen LogP contribution is 2.08. The molecule has 0 fully saturated rings. The quantitative estimate of drug-likeness (QED) is 0.330. The van der Waals surface area contributed by atoms with Gasteiger partial charge >= 0.3 is 0 Å². The van der Waals surface area contributed by atoms with Crippen LogP contribution in [0.3, 0.4) is 0 Å². The Labute approximate surface area is 113 Å². The molecule has 0 amide bonds. The third kappa shape index (κ3) is 6.02. The van der Waals surface area contributed by atoms with Gasteiger partial charge in [0.05, 0.1) is 0 Å². The SMILES string of the molecule is CC(C)CN(CCC(N)=NO)CCc1ccsc1. The standard InChI is InChI=1S/C13H23N3OS/c1-11(2)9-16(7-4-13(14)15-17)6-3-12-5-8-18-10-12/h5,8,10-11,17H,3-4,6-7,9H2,1-2H3,(H2,14,15). The van der Waals surface area contributed by atoms with Crippen LogP contribution in [0.15, 0.2) is 22.0 Å². The number of rotatable bonds is 8. The summed E-state index contributed by atoms with van der Waals surface area (Å²) in [5.74, 6) is 0.930. The maximum atomic E-state index is 8.56. The van der Waals surface area contributed by atoms with Crippen molar-refractivity contribution < 1.29 is 5.21 Å². The lowest BCUT2D eigenvalue weighted by atomic mass is 10.1. The first kappa shape index (κ1) is 15.0. The second-order valence-corrected chi connectivity index (χ2v) is 5.70. The Morgan fingerprint density at radius 2 is 2.28 bits per heavy atom. The van der Waals surface area contributed by atoms with Gasteiger partial charge in [0.2, 0.25) is 0 Å². The van der Waals surface area contributed by atoms with Gasteiger partial charge in [-0.05, 0) is 34.7 Å². The molecular weight excluding hydrogens is 246 g/mol. The van der Waals surface area contributed by atoms with Crippen molar-refractivity contribution in [1.29, 1.82) is 0 Å². The van der Waals surface area contributed by atoms with Gasteiger partial charge in [-0.15, -0.1) is 0 Å². The van der Waals surface area contributed by atoms with E-state index in [2.05, 4.69) is 40.7 Å². The summed E-state index contributed by atoms with van der Waals surface area (Å²) in [6.45, 7) is 7.33. The normalized spacial score (nSPS) is 12.6. The van der Waals surface area contributed by atoms with Gasteiger partial charge in [-0.2, -0.15) is 11.3 Å². The topological polar surface area (TPSA) is 61.8 Å². The molecule has 5 heteroatoms. The van der Waals surface area contributed by atoms with E-state index in [1.165, 1.54) is 5.56 Å². The minimum Gasteiger partial charge on any atom is -0.409 e. The van der Waals surface area contributed by atoms with Crippen molar-refractivity contribution in [3.8, 4) is 0 Å². The van der Waals surface area contributed by atoms with Crippen LogP contribution in [0.5, 0.6) is 0 Å². The summed E-state index contributed by atoms with van der Waals surface area (Å²) in [5, 5.41) is 15.9. The van der Waals surface area contributed by atoms with Gasteiger partial charge < -0.3 is 15.8 Å². The van der Waals surface area contributed by atoms with Gasteiger partial charge in [0.15, 0.2) is 0 Å². The molecule has 0 aromatic carbocycles. The van der Waals surface area contributed by atoms with Crippen LogP contribution >= 0.6 is 11.3 Å². The lowest BCUT2D eigenvalue weighted by molar-refractivity contribution is 0.251. The van der Waals surface area contributed by atoms with Crippen LogP contribution in [0, 0.1) is 5.92 Å². The third-order valence-corrected chi connectivity index (χ3v) is 3.46. The Kier molecular flexibility index (Phi) is 6.75. The average Bonchev–Trinajstić information content (AvgIpc) is 2.84. The van der Waals surface area contributed by atoms with Crippen LogP contribution in [0.25, 0.3) is 0 Å². The Morgan fingerprint density at radius 1 is 1.50 bits per heavy atom. The van der Waals surface area contributed by atoms with Crippen LogP contribution in [-0.4, -0.2) is 35.6 Å². The summed E-state index contributed by atoms with van der Waals surface area (Å²) in [6.07, 6.45) is 1.68. The van der Waals surface area contributed by atoms with Crippen LogP contribution in [0.4, 0.5) is 0 Å². The van der Waals surface area contributed by atoms with Crippen molar-refractivity contribution in [2.45, 2.75) is 26.7 Å². The maximum absolute atomic E-state index is 8.56. The monoisotopic (exact) mass is 269 g/mol. The van der Waals surface area contributed by atoms with E-state index in [0.717, 1.165) is 26.1 Å². The summed E-state index contributed by atoms with van der Waals surface area (Å²) in [7, 11) is 0. The number of nitrogens with zero attached hydrogens (tertiary/aromatic N) is 2. The Morgan fingerprint density at radius 3 is 2.83 bits per heavy atom. The van der Waals surface area contributed by atoms with Crippen molar-refractivity contribution in [3.63, 3.8) is 0 Å². The molecule has 0 radical (unpaired) electrons. The predicted molar refractivity (Wildman–Crippen MR) is 77.3 cm³/mol. The molecule has 0 atom stereocenters. The highest BCUT2D eigenvalue weighted by molar-refractivity contribution is 7.07. The molecule has 0 unspecified atom stereocenters. The number of thiophene rings is 1. The molecule has 0 spiro atoms. The number of oxime groups is 1. The first-order chi connectivity index (χ1) is 8.61. The number of nitrogens with two attached hydrogens (primary N) is 1. The zero-order valence-corrected chi connectivity index (χ0v) is 12.0. The average molecular weight is 269 g/mol. The maximum Gasteiger partial charge on any atom is 0.140 e. The van der Waals surface area contributed by atoms with E-state index in [0.29, 0.717) is 18.2 Å². The molecule has 0 bridgehead atoms. The van der Waals surface area contributed by atoms with Gasteiger partial charge in [-0.3, -0.25) is 0 Å². The largest absolute Gasteiger partial charge is 0.409 e. The molecule has 0 saturated heterocycles. The minimum absolute atomic E-state index is 0.305. The molecule has 0 aliphatic rings. The number of amidine groups is 1. The molecule has 1 heterocycles. The molecule has 0 aliphatic heterocycles. The number of hydrogen-bond acceptors (Lipinski definition) is 4. The third-order valence-electron chi connectivity index (χ3n) is 2.73. The van der Waals surface area contributed by atoms with Crippen molar-refractivity contribution >= 4 is 17.2 Å². The summed E-state index contributed by atoms with van der Waals surface area (Å²) >= 11 is 1.74. The van der Waals surface area contributed by atoms with Gasteiger partial charge in [0.25, 0.3) is 0 Å². The Balaban J connectivity index is 2.39. The molecule has 18 heavy (non-hydrogen) atoms. The fourth-order valence-electron chi connectivity index (χ4n) is 1.86. The molecule has 3 N–H and O–H groups in total. The summed E-state index contributed by atoms with van der Waals surface area (Å²) in [4.78, 5) is 2.38. The van der Waals surface area contributed by atoms with Crippen LogP contribution in [-0.2, 0) is 6.42 Å². The van der Waals surface area contributed by atoms with Gasteiger partial charge in [0.1, 0.15) is 5.84 Å². The molecule has 1 aromatic heterocycles. The van der Waals surface area contributed by atoms with E-state index >= 15 is 0 Å². The van der Waals surface area contributed by atoms with Gasteiger partial charge in [-0.1, -0.05) is 19.0 Å². The zero-order chi connectivity index (χ0) is 13.4. The second-order valence-electron chi connectivity index (χ2n) is 4.92. The highest BCUT2D eigenvalue weighted by atomic mass is 32.1. The number of hydrogen-bond donors (Lipinski definition) is 2. The van der Waals surface area contributed by atoms with E-state index in [9.17, 15) is 0 Å². The molecule has 1 rings (SSSR count). The Bertz CT molecular complexity index is 349. The van der Waals surface area contributed by atoms with E-state index in [-0.39, 0.29) is 0 Å². The molecule has 0 saturated carbocycles. The lowest BCUT2D eigenvalue weighted by Crippen LogP contribution is -2.33. The van der Waals surface area contributed by atoms with Crippen molar-refractivity contribution in [2.75, 3.05) is 19.6 Å². The zero-order valence-electron chi connectivity index (χ0n) is 11.2. The molecule has 4 nitrogen and oxygen atoms in total. The molecule has 102 valence electrons. The molecular formula is C13H23N3OS. The van der Waals surface area contributed by atoms with Crippen LogP contribution in [0.2, 0.25) is 0 Å². The van der Waals surface area contributed by atoms with E-state index in [1.807, 2.05) is 0 Å². The minimum atomic E-state index is 0.305. The predicted octanol–water partition coefficient (Wildman–Crippen LogP) is 2.39. The highest BCUT2D eigenvalue weighted by Gasteiger charge is 2.08. The summed E-state index contributed by atoms with van der Waals surface area (Å²) < 4.78 is 0. The first-order valence-corrected chi connectivity index (χ1v) is 7.26. The molecule has 0 aliphatic carbocycles. The second kappa shape index (κ2) is 8.11. The van der Waals surface area contributed by atoms with Crippen LogP contribution < -0.4 is 5.73 Å². The van der Waals surface area contributed by atoms with E-state index in [1.54, 1.807) is 11.3 Å². The van der Waals surface area contributed by atoms with Crippen molar-refractivity contribution in [2.24, 2.45) is 16.8 Å². The van der Waals surface area contributed by atoms with E-state index in [4.69, 9.17) is 10.9 Å². The van der Waals surface area contributed by atoms with Crippen molar-refractivity contribution in [1.82, 2.24) is 4.90 Å². The molecule has 1 aromatic rings. The first-order valence-electron chi connectivity index (χ1n) is 6.31.